The number of hydrogen-bond donors (Lipinski definition) is 2. The minimum absolute atomic E-state index is 0.211. The molecule has 0 radical (unpaired) electrons. The number of amides is 1. The van der Waals surface area contributed by atoms with Gasteiger partial charge in [-0.15, -0.1) is 0 Å². The Kier molecular flexibility index (Phi) is 6.50. The van der Waals surface area contributed by atoms with Crippen LogP contribution in [0.3, 0.4) is 0 Å². The van der Waals surface area contributed by atoms with Gasteiger partial charge in [0.1, 0.15) is 0 Å². The topological polar surface area (TPSA) is 72.2 Å². The molecule has 1 aromatic rings. The van der Waals surface area contributed by atoms with Crippen molar-refractivity contribution in [2.24, 2.45) is 0 Å². The van der Waals surface area contributed by atoms with Crippen LogP contribution in [0.25, 0.3) is 0 Å². The molecule has 1 amide bonds. The minimum Gasteiger partial charge on any atom is -0.397 e. The Balaban J connectivity index is 2.54. The first-order valence-corrected chi connectivity index (χ1v) is 8.61. The van der Waals surface area contributed by atoms with Crippen molar-refractivity contribution in [3.05, 3.63) is 22.2 Å². The van der Waals surface area contributed by atoms with Crippen molar-refractivity contribution in [3.8, 4) is 0 Å². The number of nitrogen functional groups attached to an aromatic ring is 1. The number of rotatable bonds is 5. The number of benzene rings is 1. The first kappa shape index (κ1) is 18.3. The molecule has 0 aliphatic heterocycles. The van der Waals surface area contributed by atoms with Crippen LogP contribution >= 0.6 is 23.2 Å². The van der Waals surface area contributed by atoms with E-state index in [9.17, 15) is 9.00 Å². The van der Waals surface area contributed by atoms with E-state index in [1.807, 2.05) is 20.8 Å². The van der Waals surface area contributed by atoms with Gasteiger partial charge in [-0.25, -0.2) is 0 Å². The van der Waals surface area contributed by atoms with Crippen molar-refractivity contribution in [1.82, 2.24) is 0 Å². The molecular weight excluding hydrogens is 331 g/mol. The second-order valence-corrected chi connectivity index (χ2v) is 8.83. The number of hydrogen-bond acceptors (Lipinski definition) is 3. The number of carbonyl (C=O) groups is 1. The normalized spacial score (nSPS) is 13.0. The van der Waals surface area contributed by atoms with Crippen molar-refractivity contribution < 1.29 is 9.00 Å². The summed E-state index contributed by atoms with van der Waals surface area (Å²) in [5.74, 6) is 0.276. The maximum Gasteiger partial charge on any atom is 0.224 e. The van der Waals surface area contributed by atoms with E-state index in [1.165, 1.54) is 12.1 Å². The van der Waals surface area contributed by atoms with Gasteiger partial charge in [-0.2, -0.15) is 0 Å². The molecule has 21 heavy (non-hydrogen) atoms. The van der Waals surface area contributed by atoms with Crippen LogP contribution in [-0.4, -0.2) is 20.6 Å². The minimum atomic E-state index is -0.960. The number of carbonyl (C=O) groups excluding carboxylic acids is 1. The van der Waals surface area contributed by atoms with Gasteiger partial charge < -0.3 is 11.1 Å². The van der Waals surface area contributed by atoms with E-state index in [-0.39, 0.29) is 17.1 Å². The molecule has 1 unspecified atom stereocenters. The molecule has 0 saturated heterocycles. The maximum atomic E-state index is 11.9. The Labute approximate surface area is 137 Å². The maximum absolute atomic E-state index is 11.9. The van der Waals surface area contributed by atoms with Crippen LogP contribution in [0, 0.1) is 0 Å². The number of nitrogens with one attached hydrogen (secondary N) is 1. The van der Waals surface area contributed by atoms with E-state index in [0.717, 1.165) is 0 Å². The largest absolute Gasteiger partial charge is 0.397 e. The average Bonchev–Trinajstić information content (AvgIpc) is 2.32. The first-order valence-electron chi connectivity index (χ1n) is 6.54. The summed E-state index contributed by atoms with van der Waals surface area (Å²) in [4.78, 5) is 11.9. The fourth-order valence-electron chi connectivity index (χ4n) is 1.60. The highest BCUT2D eigenvalue weighted by Crippen LogP contribution is 2.32. The van der Waals surface area contributed by atoms with Crippen LogP contribution in [0.5, 0.6) is 0 Å². The monoisotopic (exact) mass is 350 g/mol. The summed E-state index contributed by atoms with van der Waals surface area (Å²) in [6.45, 7) is 5.74. The third-order valence-electron chi connectivity index (χ3n) is 2.77. The molecule has 1 aromatic carbocycles. The molecule has 0 fully saturated rings. The van der Waals surface area contributed by atoms with E-state index >= 15 is 0 Å². The Hall–Kier alpha value is -0.780. The van der Waals surface area contributed by atoms with Gasteiger partial charge in [0.15, 0.2) is 0 Å². The van der Waals surface area contributed by atoms with Gasteiger partial charge in [0, 0.05) is 32.7 Å². The van der Waals surface area contributed by atoms with Crippen LogP contribution in [0.15, 0.2) is 12.1 Å². The molecule has 7 heteroatoms. The third kappa shape index (κ3) is 5.85. The number of anilines is 2. The van der Waals surface area contributed by atoms with E-state index in [2.05, 4.69) is 5.32 Å². The van der Waals surface area contributed by atoms with E-state index in [4.69, 9.17) is 28.9 Å². The summed E-state index contributed by atoms with van der Waals surface area (Å²) in [5, 5.41) is 3.38. The molecule has 0 bridgehead atoms. The Morgan fingerprint density at radius 1 is 1.33 bits per heavy atom. The van der Waals surface area contributed by atoms with Gasteiger partial charge in [0.05, 0.1) is 16.4 Å². The van der Waals surface area contributed by atoms with E-state index in [0.29, 0.717) is 33.6 Å². The lowest BCUT2D eigenvalue weighted by Gasteiger charge is -2.17. The third-order valence-corrected chi connectivity index (χ3v) is 5.31. The standard InChI is InChI=1S/C14H20Cl2N2O2S/c1-14(2,3)21(20)6-4-5-12(19)18-13-10(16)7-9(15)8-11(13)17/h7-8H,4-6,17H2,1-3H3,(H,18,19). The summed E-state index contributed by atoms with van der Waals surface area (Å²) < 4.78 is 11.6. The molecule has 1 rings (SSSR count). The van der Waals surface area contributed by atoms with E-state index in [1.54, 1.807) is 0 Å². The molecule has 0 aliphatic carbocycles. The molecule has 3 N–H and O–H groups in total. The average molecular weight is 351 g/mol. The second kappa shape index (κ2) is 7.47. The first-order chi connectivity index (χ1) is 9.61. The summed E-state index contributed by atoms with van der Waals surface area (Å²) in [6, 6.07) is 3.04. The Morgan fingerprint density at radius 3 is 2.48 bits per heavy atom. The quantitative estimate of drug-likeness (QED) is 0.792. The summed E-state index contributed by atoms with van der Waals surface area (Å²) in [7, 11) is -0.960. The molecule has 0 saturated carbocycles. The van der Waals surface area contributed by atoms with E-state index < -0.39 is 10.8 Å². The lowest BCUT2D eigenvalue weighted by Crippen LogP contribution is -2.24. The molecule has 4 nitrogen and oxygen atoms in total. The van der Waals surface area contributed by atoms with Crippen LogP contribution in [0.4, 0.5) is 11.4 Å². The van der Waals surface area contributed by atoms with Crippen molar-refractivity contribution in [3.63, 3.8) is 0 Å². The highest BCUT2D eigenvalue weighted by Gasteiger charge is 2.19. The second-order valence-electron chi connectivity index (χ2n) is 5.67. The summed E-state index contributed by atoms with van der Waals surface area (Å²) in [6.07, 6.45) is 0.807. The number of nitrogens with two attached hydrogens (primary N) is 1. The van der Waals surface area contributed by atoms with Crippen LogP contribution in [0.2, 0.25) is 10.0 Å². The SMILES string of the molecule is CC(C)(C)S(=O)CCCC(=O)Nc1c(N)cc(Cl)cc1Cl. The summed E-state index contributed by atoms with van der Waals surface area (Å²) >= 11 is 11.8. The zero-order chi connectivity index (χ0) is 16.2. The Bertz CT molecular complexity index is 533. The lowest BCUT2D eigenvalue weighted by molar-refractivity contribution is -0.116. The highest BCUT2D eigenvalue weighted by atomic mass is 35.5. The highest BCUT2D eigenvalue weighted by molar-refractivity contribution is 7.86. The van der Waals surface area contributed by atoms with Crippen molar-refractivity contribution in [2.45, 2.75) is 38.4 Å². The van der Waals surface area contributed by atoms with Crippen LogP contribution < -0.4 is 11.1 Å². The molecule has 0 aromatic heterocycles. The predicted octanol–water partition coefficient (Wildman–Crippen LogP) is 3.84. The van der Waals surface area contributed by atoms with Gasteiger partial charge in [-0.3, -0.25) is 9.00 Å². The van der Waals surface area contributed by atoms with Crippen LogP contribution in [-0.2, 0) is 15.6 Å². The van der Waals surface area contributed by atoms with Gasteiger partial charge in [-0.1, -0.05) is 23.2 Å². The smallest absolute Gasteiger partial charge is 0.224 e. The van der Waals surface area contributed by atoms with Crippen LogP contribution in [0.1, 0.15) is 33.6 Å². The van der Waals surface area contributed by atoms with Gasteiger partial charge in [0.25, 0.3) is 0 Å². The zero-order valence-electron chi connectivity index (χ0n) is 12.3. The Morgan fingerprint density at radius 2 is 1.95 bits per heavy atom. The number of halogens is 2. The molecule has 0 spiro atoms. The molecular formula is C14H20Cl2N2O2S. The van der Waals surface area contributed by atoms with Crippen molar-refractivity contribution in [1.29, 1.82) is 0 Å². The summed E-state index contributed by atoms with van der Waals surface area (Å²) in [5.41, 5.74) is 6.45. The molecule has 1 atom stereocenters. The zero-order valence-corrected chi connectivity index (χ0v) is 14.7. The fraction of sp³-hybridized carbons (Fsp3) is 0.500. The molecule has 0 heterocycles. The van der Waals surface area contributed by atoms with Gasteiger partial charge >= 0.3 is 0 Å². The fourth-order valence-corrected chi connectivity index (χ4v) is 3.17. The van der Waals surface area contributed by atoms with Gasteiger partial charge in [0.2, 0.25) is 5.91 Å². The van der Waals surface area contributed by atoms with Crippen molar-refractivity contribution >= 4 is 51.3 Å². The lowest BCUT2D eigenvalue weighted by atomic mass is 10.2. The predicted molar refractivity (Wildman–Crippen MR) is 91.5 cm³/mol. The molecule has 0 aliphatic rings. The van der Waals surface area contributed by atoms with Crippen molar-refractivity contribution in [2.75, 3.05) is 16.8 Å². The van der Waals surface area contributed by atoms with Gasteiger partial charge in [-0.05, 0) is 39.3 Å². The molecule has 118 valence electrons.